The van der Waals surface area contributed by atoms with Crippen LogP contribution in [0.15, 0.2) is 0 Å². The maximum absolute atomic E-state index is 12.0. The standard InChI is InChI=1S/C12H24N2O/c1-2-12(7-3-4-8-12)11(15)14-10-6-5-9-13/h2-10,13H2,1H3,(H,14,15). The summed E-state index contributed by atoms with van der Waals surface area (Å²) in [5.41, 5.74) is 5.37. The molecule has 1 saturated carbocycles. The number of carbonyl (C=O) groups is 1. The quantitative estimate of drug-likeness (QED) is 0.660. The van der Waals surface area contributed by atoms with Gasteiger partial charge in [-0.3, -0.25) is 4.79 Å². The summed E-state index contributed by atoms with van der Waals surface area (Å²) in [6.07, 6.45) is 7.56. The average Bonchev–Trinajstić information content (AvgIpc) is 2.74. The summed E-state index contributed by atoms with van der Waals surface area (Å²) in [6.45, 7) is 3.64. The number of nitrogens with one attached hydrogen (secondary N) is 1. The second kappa shape index (κ2) is 6.11. The van der Waals surface area contributed by atoms with Crippen molar-refractivity contribution in [3.63, 3.8) is 0 Å². The molecule has 0 aromatic carbocycles. The molecule has 1 fully saturated rings. The minimum absolute atomic E-state index is 0.0390. The first-order valence-electron chi connectivity index (χ1n) is 6.23. The van der Waals surface area contributed by atoms with Crippen molar-refractivity contribution in [2.24, 2.45) is 11.1 Å². The highest BCUT2D eigenvalue weighted by Gasteiger charge is 2.38. The maximum Gasteiger partial charge on any atom is 0.226 e. The van der Waals surface area contributed by atoms with Crippen molar-refractivity contribution in [1.29, 1.82) is 0 Å². The van der Waals surface area contributed by atoms with Gasteiger partial charge < -0.3 is 11.1 Å². The van der Waals surface area contributed by atoms with Crippen LogP contribution in [-0.4, -0.2) is 19.0 Å². The summed E-state index contributed by atoms with van der Waals surface area (Å²) in [5, 5.41) is 3.06. The fourth-order valence-electron chi connectivity index (χ4n) is 2.45. The van der Waals surface area contributed by atoms with Crippen LogP contribution in [-0.2, 0) is 4.79 Å². The molecule has 0 unspecified atom stereocenters. The van der Waals surface area contributed by atoms with E-state index in [1.54, 1.807) is 0 Å². The molecule has 1 aliphatic rings. The molecule has 15 heavy (non-hydrogen) atoms. The Labute approximate surface area is 92.8 Å². The predicted octanol–water partition coefficient (Wildman–Crippen LogP) is 1.81. The summed E-state index contributed by atoms with van der Waals surface area (Å²) in [5.74, 6) is 0.277. The first kappa shape index (κ1) is 12.5. The smallest absolute Gasteiger partial charge is 0.226 e. The lowest BCUT2D eigenvalue weighted by Crippen LogP contribution is -2.39. The maximum atomic E-state index is 12.0. The zero-order valence-electron chi connectivity index (χ0n) is 9.85. The van der Waals surface area contributed by atoms with Crippen LogP contribution in [0.4, 0.5) is 0 Å². The van der Waals surface area contributed by atoms with E-state index in [0.29, 0.717) is 0 Å². The number of rotatable bonds is 6. The van der Waals surface area contributed by atoms with E-state index in [1.165, 1.54) is 12.8 Å². The molecule has 0 saturated heterocycles. The molecule has 0 heterocycles. The minimum Gasteiger partial charge on any atom is -0.356 e. The van der Waals surface area contributed by atoms with E-state index < -0.39 is 0 Å². The molecule has 88 valence electrons. The van der Waals surface area contributed by atoms with Crippen LogP contribution >= 0.6 is 0 Å². The Bertz CT molecular complexity index is 198. The molecular formula is C12H24N2O. The second-order valence-corrected chi connectivity index (χ2v) is 4.59. The number of amides is 1. The SMILES string of the molecule is CCC1(C(=O)NCCCCN)CCCC1. The van der Waals surface area contributed by atoms with Crippen molar-refractivity contribution in [3.8, 4) is 0 Å². The van der Waals surface area contributed by atoms with Crippen LogP contribution in [0.2, 0.25) is 0 Å². The third-order valence-corrected chi connectivity index (χ3v) is 3.64. The Balaban J connectivity index is 2.31. The van der Waals surface area contributed by atoms with Gasteiger partial charge in [0.1, 0.15) is 0 Å². The van der Waals surface area contributed by atoms with Gasteiger partial charge in [0.05, 0.1) is 0 Å². The lowest BCUT2D eigenvalue weighted by molar-refractivity contribution is -0.131. The fraction of sp³-hybridized carbons (Fsp3) is 0.917. The molecule has 0 radical (unpaired) electrons. The van der Waals surface area contributed by atoms with Crippen molar-refractivity contribution in [2.45, 2.75) is 51.9 Å². The van der Waals surface area contributed by atoms with Crippen LogP contribution in [0.1, 0.15) is 51.9 Å². The Morgan fingerprint density at radius 3 is 2.53 bits per heavy atom. The Morgan fingerprint density at radius 1 is 1.33 bits per heavy atom. The summed E-state index contributed by atoms with van der Waals surface area (Å²) in [4.78, 5) is 12.0. The lowest BCUT2D eigenvalue weighted by Gasteiger charge is -2.25. The van der Waals surface area contributed by atoms with Crippen molar-refractivity contribution >= 4 is 5.91 Å². The Hall–Kier alpha value is -0.570. The molecule has 0 bridgehead atoms. The van der Waals surface area contributed by atoms with Crippen molar-refractivity contribution in [2.75, 3.05) is 13.1 Å². The third kappa shape index (κ3) is 3.20. The van der Waals surface area contributed by atoms with E-state index in [0.717, 1.165) is 45.2 Å². The largest absolute Gasteiger partial charge is 0.356 e. The molecule has 3 nitrogen and oxygen atoms in total. The first-order chi connectivity index (χ1) is 7.25. The van der Waals surface area contributed by atoms with Crippen molar-refractivity contribution in [3.05, 3.63) is 0 Å². The van der Waals surface area contributed by atoms with Crippen molar-refractivity contribution in [1.82, 2.24) is 5.32 Å². The lowest BCUT2D eigenvalue weighted by atomic mass is 9.82. The second-order valence-electron chi connectivity index (χ2n) is 4.59. The van der Waals surface area contributed by atoms with Gasteiger partial charge >= 0.3 is 0 Å². The highest BCUT2D eigenvalue weighted by atomic mass is 16.2. The molecule has 1 amide bonds. The normalized spacial score (nSPS) is 19.1. The third-order valence-electron chi connectivity index (χ3n) is 3.64. The van der Waals surface area contributed by atoms with Gasteiger partial charge in [0.25, 0.3) is 0 Å². The van der Waals surface area contributed by atoms with Crippen LogP contribution in [0.5, 0.6) is 0 Å². The summed E-state index contributed by atoms with van der Waals surface area (Å²) in [6, 6.07) is 0. The van der Waals surface area contributed by atoms with Gasteiger partial charge in [-0.25, -0.2) is 0 Å². The molecule has 0 aromatic heterocycles. The zero-order valence-corrected chi connectivity index (χ0v) is 9.85. The summed E-state index contributed by atoms with van der Waals surface area (Å²) < 4.78 is 0. The number of hydrogen-bond acceptors (Lipinski definition) is 2. The molecule has 3 heteroatoms. The van der Waals surface area contributed by atoms with Gasteiger partial charge in [0, 0.05) is 12.0 Å². The van der Waals surface area contributed by atoms with E-state index in [4.69, 9.17) is 5.73 Å². The van der Waals surface area contributed by atoms with Gasteiger partial charge in [-0.1, -0.05) is 19.8 Å². The van der Waals surface area contributed by atoms with Crippen LogP contribution in [0, 0.1) is 5.41 Å². The topological polar surface area (TPSA) is 55.1 Å². The Kier molecular flexibility index (Phi) is 5.09. The molecule has 1 aliphatic carbocycles. The number of hydrogen-bond donors (Lipinski definition) is 2. The highest BCUT2D eigenvalue weighted by Crippen LogP contribution is 2.40. The van der Waals surface area contributed by atoms with Gasteiger partial charge in [-0.15, -0.1) is 0 Å². The summed E-state index contributed by atoms with van der Waals surface area (Å²) in [7, 11) is 0. The van der Waals surface area contributed by atoms with E-state index in [1.807, 2.05) is 0 Å². The zero-order chi connectivity index (χ0) is 11.1. The molecule has 0 spiro atoms. The molecule has 0 atom stereocenters. The molecule has 1 rings (SSSR count). The van der Waals surface area contributed by atoms with E-state index in [9.17, 15) is 4.79 Å². The van der Waals surface area contributed by atoms with E-state index in [-0.39, 0.29) is 11.3 Å². The Morgan fingerprint density at radius 2 is 2.00 bits per heavy atom. The van der Waals surface area contributed by atoms with E-state index >= 15 is 0 Å². The first-order valence-corrected chi connectivity index (χ1v) is 6.23. The number of carbonyl (C=O) groups excluding carboxylic acids is 1. The molecule has 0 aromatic rings. The van der Waals surface area contributed by atoms with Gasteiger partial charge in [0.15, 0.2) is 0 Å². The van der Waals surface area contributed by atoms with Gasteiger partial charge in [-0.05, 0) is 38.6 Å². The fourth-order valence-corrected chi connectivity index (χ4v) is 2.45. The highest BCUT2D eigenvalue weighted by molar-refractivity contribution is 5.82. The van der Waals surface area contributed by atoms with Crippen LogP contribution in [0.25, 0.3) is 0 Å². The monoisotopic (exact) mass is 212 g/mol. The minimum atomic E-state index is -0.0390. The molecule has 0 aliphatic heterocycles. The van der Waals surface area contributed by atoms with Crippen LogP contribution < -0.4 is 11.1 Å². The van der Waals surface area contributed by atoms with Gasteiger partial charge in [0.2, 0.25) is 5.91 Å². The number of nitrogens with two attached hydrogens (primary N) is 1. The molecular weight excluding hydrogens is 188 g/mol. The van der Waals surface area contributed by atoms with Crippen molar-refractivity contribution < 1.29 is 4.79 Å². The number of unbranched alkanes of at least 4 members (excludes halogenated alkanes) is 1. The van der Waals surface area contributed by atoms with E-state index in [2.05, 4.69) is 12.2 Å². The summed E-state index contributed by atoms with van der Waals surface area (Å²) >= 11 is 0. The van der Waals surface area contributed by atoms with Gasteiger partial charge in [-0.2, -0.15) is 0 Å². The van der Waals surface area contributed by atoms with Crippen LogP contribution in [0.3, 0.4) is 0 Å². The molecule has 3 N–H and O–H groups in total. The average molecular weight is 212 g/mol. The predicted molar refractivity (Wildman–Crippen MR) is 62.5 cm³/mol.